The van der Waals surface area contributed by atoms with E-state index in [4.69, 9.17) is 0 Å². The van der Waals surface area contributed by atoms with Crippen LogP contribution in [-0.2, 0) is 0 Å². The van der Waals surface area contributed by atoms with E-state index in [9.17, 15) is 5.11 Å². The van der Waals surface area contributed by atoms with E-state index in [0.717, 1.165) is 24.1 Å². The van der Waals surface area contributed by atoms with Gasteiger partial charge in [0.25, 0.3) is 0 Å². The molecule has 6 rings (SSSR count). The molecular formula is C25H26N2OS. The van der Waals surface area contributed by atoms with E-state index in [-0.39, 0.29) is 0 Å². The number of nitrogens with zero attached hydrogens (tertiary/aromatic N) is 2. The number of benzene rings is 1. The molecule has 1 atom stereocenters. The van der Waals surface area contributed by atoms with E-state index in [1.165, 1.54) is 46.9 Å². The molecule has 0 unspecified atom stereocenters. The first kappa shape index (κ1) is 17.7. The monoisotopic (exact) mass is 402 g/mol. The van der Waals surface area contributed by atoms with Crippen LogP contribution in [0.1, 0.15) is 73.3 Å². The van der Waals surface area contributed by atoms with Crippen LogP contribution in [-0.4, -0.2) is 14.5 Å². The highest BCUT2D eigenvalue weighted by atomic mass is 32.1. The van der Waals surface area contributed by atoms with Crippen molar-refractivity contribution in [3.63, 3.8) is 0 Å². The van der Waals surface area contributed by atoms with Gasteiger partial charge in [-0.05, 0) is 90.3 Å². The van der Waals surface area contributed by atoms with Gasteiger partial charge in [0.15, 0.2) is 0 Å². The minimum atomic E-state index is -0.399. The molecule has 0 bridgehead atoms. The lowest BCUT2D eigenvalue weighted by Gasteiger charge is -2.32. The third-order valence-corrected chi connectivity index (χ3v) is 8.10. The lowest BCUT2D eigenvalue weighted by molar-refractivity contribution is 0.0755. The summed E-state index contributed by atoms with van der Waals surface area (Å²) in [6, 6.07) is 13.2. The normalized spacial score (nSPS) is 23.6. The molecule has 2 saturated carbocycles. The molecule has 3 aromatic heterocycles. The van der Waals surface area contributed by atoms with E-state index in [1.807, 2.05) is 23.9 Å². The molecule has 148 valence electrons. The van der Waals surface area contributed by atoms with Gasteiger partial charge in [0, 0.05) is 4.70 Å². The molecule has 2 aliphatic rings. The Morgan fingerprint density at radius 3 is 2.52 bits per heavy atom. The Labute approximate surface area is 175 Å². The number of aliphatic hydroxyl groups is 1. The zero-order valence-corrected chi connectivity index (χ0v) is 17.3. The molecular weight excluding hydrogens is 376 g/mol. The molecule has 0 radical (unpaired) electrons. The van der Waals surface area contributed by atoms with Gasteiger partial charge in [0.1, 0.15) is 0 Å². The summed E-state index contributed by atoms with van der Waals surface area (Å²) in [5.41, 5.74) is 5.05. The molecule has 29 heavy (non-hydrogen) atoms. The average molecular weight is 403 g/mol. The van der Waals surface area contributed by atoms with Crippen molar-refractivity contribution in [3.8, 4) is 0 Å². The molecule has 1 N–H and O–H groups in total. The average Bonchev–Trinajstić information content (AvgIpc) is 3.34. The highest BCUT2D eigenvalue weighted by molar-refractivity contribution is 7.17. The fourth-order valence-electron chi connectivity index (χ4n) is 5.37. The molecule has 0 amide bonds. The van der Waals surface area contributed by atoms with Gasteiger partial charge in [0.05, 0.1) is 29.8 Å². The minimum absolute atomic E-state index is 0.335. The van der Waals surface area contributed by atoms with Gasteiger partial charge in [-0.1, -0.05) is 24.3 Å². The van der Waals surface area contributed by atoms with Crippen LogP contribution in [0.4, 0.5) is 0 Å². The fraction of sp³-hybridized carbons (Fsp3) is 0.400. The lowest BCUT2D eigenvalue weighted by atomic mass is 9.75. The van der Waals surface area contributed by atoms with Crippen LogP contribution in [0, 0.1) is 5.92 Å². The summed E-state index contributed by atoms with van der Waals surface area (Å²) < 4.78 is 3.53. The molecule has 4 heteroatoms. The second-order valence-corrected chi connectivity index (χ2v) is 9.79. The van der Waals surface area contributed by atoms with E-state index in [0.29, 0.717) is 17.8 Å². The maximum absolute atomic E-state index is 11.5. The first-order valence-electron chi connectivity index (χ1n) is 10.9. The third kappa shape index (κ3) is 3.01. The van der Waals surface area contributed by atoms with Crippen LogP contribution < -0.4 is 0 Å². The smallest absolute Gasteiger partial charge is 0.0995 e. The van der Waals surface area contributed by atoms with Crippen LogP contribution in [0.2, 0.25) is 0 Å². The highest BCUT2D eigenvalue weighted by Gasteiger charge is 2.34. The maximum Gasteiger partial charge on any atom is 0.0995 e. The predicted octanol–water partition coefficient (Wildman–Crippen LogP) is 6.43. The first-order valence-corrected chi connectivity index (χ1v) is 11.8. The lowest BCUT2D eigenvalue weighted by Crippen LogP contribution is -2.22. The largest absolute Gasteiger partial charge is 0.387 e. The van der Waals surface area contributed by atoms with Crippen molar-refractivity contribution in [2.24, 2.45) is 5.92 Å². The van der Waals surface area contributed by atoms with Crippen LogP contribution in [0.25, 0.3) is 15.6 Å². The number of hydrogen-bond acceptors (Lipinski definition) is 3. The van der Waals surface area contributed by atoms with E-state index < -0.39 is 6.10 Å². The van der Waals surface area contributed by atoms with Gasteiger partial charge in [-0.3, -0.25) is 0 Å². The van der Waals surface area contributed by atoms with Crippen molar-refractivity contribution in [2.75, 3.05) is 0 Å². The van der Waals surface area contributed by atoms with Crippen molar-refractivity contribution in [3.05, 3.63) is 71.1 Å². The number of aromatic nitrogens is 2. The summed E-state index contributed by atoms with van der Waals surface area (Å²) in [6.45, 7) is 0. The molecule has 0 aliphatic heterocycles. The van der Waals surface area contributed by atoms with Crippen LogP contribution in [0.5, 0.6) is 0 Å². The van der Waals surface area contributed by atoms with Crippen LogP contribution in [0.3, 0.4) is 0 Å². The summed E-state index contributed by atoms with van der Waals surface area (Å²) in [5.74, 6) is 1.59. The summed E-state index contributed by atoms with van der Waals surface area (Å²) in [7, 11) is 0. The second kappa shape index (κ2) is 6.96. The first-order chi connectivity index (χ1) is 14.3. The molecule has 2 fully saturated rings. The number of aliphatic hydroxyl groups excluding tert-OH is 1. The van der Waals surface area contributed by atoms with E-state index in [2.05, 4.69) is 51.2 Å². The minimum Gasteiger partial charge on any atom is -0.387 e. The Morgan fingerprint density at radius 2 is 1.69 bits per heavy atom. The molecule has 2 aliphatic carbocycles. The van der Waals surface area contributed by atoms with E-state index >= 15 is 0 Å². The molecule has 3 heterocycles. The summed E-state index contributed by atoms with van der Waals surface area (Å²) in [4.78, 5) is 4.34. The SMILES string of the molecule is O[C@@H](c1c(C2CC2)ccc2cncn12)[C@H]1CC[C@H](c2csc3ccccc32)CC1. The van der Waals surface area contributed by atoms with Gasteiger partial charge in [-0.2, -0.15) is 0 Å². The fourth-order valence-corrected chi connectivity index (χ4v) is 6.41. The van der Waals surface area contributed by atoms with Crippen molar-refractivity contribution < 1.29 is 5.11 Å². The van der Waals surface area contributed by atoms with Gasteiger partial charge in [-0.15, -0.1) is 11.3 Å². The zero-order chi connectivity index (χ0) is 19.4. The van der Waals surface area contributed by atoms with Crippen molar-refractivity contribution in [1.82, 2.24) is 9.38 Å². The van der Waals surface area contributed by atoms with Crippen LogP contribution >= 0.6 is 11.3 Å². The van der Waals surface area contributed by atoms with Crippen molar-refractivity contribution in [1.29, 1.82) is 0 Å². The van der Waals surface area contributed by atoms with Gasteiger partial charge in [-0.25, -0.2) is 4.98 Å². The summed E-state index contributed by atoms with van der Waals surface area (Å²) >= 11 is 1.87. The van der Waals surface area contributed by atoms with Gasteiger partial charge >= 0.3 is 0 Å². The number of thiophene rings is 1. The highest BCUT2D eigenvalue weighted by Crippen LogP contribution is 2.48. The van der Waals surface area contributed by atoms with E-state index in [1.54, 1.807) is 0 Å². The van der Waals surface area contributed by atoms with Crippen LogP contribution in [0.15, 0.2) is 54.3 Å². The molecule has 1 aromatic carbocycles. The topological polar surface area (TPSA) is 37.5 Å². The number of hydrogen-bond donors (Lipinski definition) is 1. The zero-order valence-electron chi connectivity index (χ0n) is 16.5. The second-order valence-electron chi connectivity index (χ2n) is 8.88. The molecule has 3 nitrogen and oxygen atoms in total. The Balaban J connectivity index is 1.26. The standard InChI is InChI=1S/C25H26N2OS/c28-25(24-20(16-5-6-16)12-11-19-13-26-15-27(19)24)18-9-7-17(8-10-18)22-14-29-23-4-2-1-3-21(22)23/h1-4,11-18,25,28H,5-10H2/t17-,18-,25-/m1/s1. The number of fused-ring (bicyclic) bond motifs is 2. The Morgan fingerprint density at radius 1 is 0.931 bits per heavy atom. The number of imidazole rings is 1. The molecule has 0 spiro atoms. The number of rotatable bonds is 4. The Kier molecular flexibility index (Phi) is 4.24. The van der Waals surface area contributed by atoms with Gasteiger partial charge in [0.2, 0.25) is 0 Å². The van der Waals surface area contributed by atoms with Crippen molar-refractivity contribution >= 4 is 26.9 Å². The summed E-state index contributed by atoms with van der Waals surface area (Å²) in [6.07, 6.45) is 10.4. The van der Waals surface area contributed by atoms with Gasteiger partial charge < -0.3 is 9.51 Å². The molecule has 0 saturated heterocycles. The Hall–Kier alpha value is -2.17. The number of pyridine rings is 1. The summed E-state index contributed by atoms with van der Waals surface area (Å²) in [5, 5.41) is 15.3. The predicted molar refractivity (Wildman–Crippen MR) is 119 cm³/mol. The van der Waals surface area contributed by atoms with Crippen molar-refractivity contribution in [2.45, 2.75) is 56.5 Å². The molecule has 4 aromatic rings. The maximum atomic E-state index is 11.5. The quantitative estimate of drug-likeness (QED) is 0.427. The Bertz CT molecular complexity index is 1160. The third-order valence-electron chi connectivity index (χ3n) is 7.12.